The van der Waals surface area contributed by atoms with Crippen molar-refractivity contribution >= 4 is 28.8 Å². The van der Waals surface area contributed by atoms with Crippen molar-refractivity contribution < 1.29 is 18.8 Å². The van der Waals surface area contributed by atoms with E-state index in [-0.39, 0.29) is 22.2 Å². The number of furan rings is 1. The lowest BCUT2D eigenvalue weighted by atomic mass is 9.83. The summed E-state index contributed by atoms with van der Waals surface area (Å²) in [5.41, 5.74) is 7.08. The van der Waals surface area contributed by atoms with Gasteiger partial charge in [-0.2, -0.15) is 0 Å². The molecule has 3 aromatic carbocycles. The maximum atomic E-state index is 14.2. The van der Waals surface area contributed by atoms with Gasteiger partial charge in [-0.15, -0.1) is 0 Å². The Balaban J connectivity index is 1.38. The summed E-state index contributed by atoms with van der Waals surface area (Å²) >= 11 is 1.31. The fraction of sp³-hybridized carbons (Fsp3) is 0.200. The minimum atomic E-state index is -0.386. The maximum Gasteiger partial charge on any atom is 0.273 e. The van der Waals surface area contributed by atoms with E-state index in [2.05, 4.69) is 12.1 Å². The van der Waals surface area contributed by atoms with Crippen LogP contribution in [0.1, 0.15) is 46.0 Å². The molecule has 3 heterocycles. The number of aromatic nitrogens is 1. The molecule has 5 aromatic rings. The van der Waals surface area contributed by atoms with Gasteiger partial charge in [-0.25, -0.2) is 4.99 Å². The highest BCUT2D eigenvalue weighted by molar-refractivity contribution is 7.07. The second-order valence-electron chi connectivity index (χ2n) is 11.1. The van der Waals surface area contributed by atoms with Crippen LogP contribution < -0.4 is 24.4 Å². The van der Waals surface area contributed by atoms with Crippen molar-refractivity contribution in [2.45, 2.75) is 32.7 Å². The van der Waals surface area contributed by atoms with Crippen LogP contribution in [-0.4, -0.2) is 23.7 Å². The molecule has 2 aromatic heterocycles. The minimum absolute atomic E-state index is 0.0389. The van der Waals surface area contributed by atoms with Crippen LogP contribution in [0.2, 0.25) is 0 Å². The first kappa shape index (κ1) is 28.5. The third-order valence-electron chi connectivity index (χ3n) is 8.62. The van der Waals surface area contributed by atoms with Gasteiger partial charge in [-0.1, -0.05) is 41.7 Å². The normalized spacial score (nSPS) is 15.6. The Morgan fingerprint density at radius 2 is 1.82 bits per heavy atom. The average Bonchev–Trinajstić information content (AvgIpc) is 3.64. The largest absolute Gasteiger partial charge is 0.493 e. The second-order valence-corrected chi connectivity index (χ2v) is 12.1. The van der Waals surface area contributed by atoms with Crippen molar-refractivity contribution in [3.8, 4) is 22.8 Å². The molecule has 1 aliphatic carbocycles. The Morgan fingerprint density at radius 1 is 1.02 bits per heavy atom. The van der Waals surface area contributed by atoms with Gasteiger partial charge in [0.2, 0.25) is 0 Å². The van der Waals surface area contributed by atoms with E-state index in [1.807, 2.05) is 43.3 Å². The molecular formula is C35H29N3O6S. The van der Waals surface area contributed by atoms with Crippen LogP contribution in [0.25, 0.3) is 23.1 Å². The lowest BCUT2D eigenvalue weighted by Gasteiger charge is -2.31. The monoisotopic (exact) mass is 619 g/mol. The summed E-state index contributed by atoms with van der Waals surface area (Å²) in [7, 11) is 3.20. The molecule has 0 saturated carbocycles. The fourth-order valence-corrected chi connectivity index (χ4v) is 7.21. The standard InChI is InChI=1S/C35H29N3O6S/c1-19-15-23(16-27(20(19)2)38(40)41)28-14-11-24(44-28)18-31-34(39)37-33(22-10-13-29(42-3)30(17-22)43-4)26-12-9-21-7-5-6-8-25(21)32(26)36-35(37)45-31/h5-8,10-11,13-18,33H,9,12H2,1-4H3/b31-18-/t33-/m1/s1. The quantitative estimate of drug-likeness (QED) is 0.167. The van der Waals surface area contributed by atoms with Crippen LogP contribution in [0.4, 0.5) is 5.69 Å². The molecule has 1 atom stereocenters. The van der Waals surface area contributed by atoms with Crippen LogP contribution in [0, 0.1) is 24.0 Å². The molecule has 7 rings (SSSR count). The smallest absolute Gasteiger partial charge is 0.273 e. The Kier molecular flexibility index (Phi) is 7.01. The van der Waals surface area contributed by atoms with Gasteiger partial charge in [0, 0.05) is 28.8 Å². The predicted octanol–water partition coefficient (Wildman–Crippen LogP) is 6.12. The Hall–Kier alpha value is -5.22. The van der Waals surface area contributed by atoms with Crippen molar-refractivity contribution in [3.63, 3.8) is 0 Å². The minimum Gasteiger partial charge on any atom is -0.493 e. The molecule has 2 aliphatic rings. The van der Waals surface area contributed by atoms with Crippen molar-refractivity contribution in [2.75, 3.05) is 14.2 Å². The van der Waals surface area contributed by atoms with Gasteiger partial charge < -0.3 is 13.9 Å². The van der Waals surface area contributed by atoms with Crippen molar-refractivity contribution in [2.24, 2.45) is 4.99 Å². The van der Waals surface area contributed by atoms with Crippen LogP contribution in [0.5, 0.6) is 11.5 Å². The number of hydrogen-bond acceptors (Lipinski definition) is 8. The number of nitro benzene ring substituents is 1. The van der Waals surface area contributed by atoms with Crippen LogP contribution in [0.3, 0.4) is 0 Å². The number of allylic oxidation sites excluding steroid dienone is 1. The first-order chi connectivity index (χ1) is 21.8. The van der Waals surface area contributed by atoms with Crippen LogP contribution in [0.15, 0.2) is 86.5 Å². The summed E-state index contributed by atoms with van der Waals surface area (Å²) in [6, 6.07) is 20.6. The number of benzene rings is 3. The molecule has 0 amide bonds. The zero-order chi connectivity index (χ0) is 31.4. The van der Waals surface area contributed by atoms with Crippen LogP contribution >= 0.6 is 11.3 Å². The Morgan fingerprint density at radius 3 is 2.60 bits per heavy atom. The maximum absolute atomic E-state index is 14.2. The van der Waals surface area contributed by atoms with Gasteiger partial charge in [0.15, 0.2) is 16.3 Å². The summed E-state index contributed by atoms with van der Waals surface area (Å²) in [6.45, 7) is 3.57. The van der Waals surface area contributed by atoms with E-state index in [1.54, 1.807) is 43.9 Å². The highest BCUT2D eigenvalue weighted by atomic mass is 32.1. The highest BCUT2D eigenvalue weighted by Crippen LogP contribution is 2.43. The number of ether oxygens (including phenoxy) is 2. The van der Waals surface area contributed by atoms with E-state index in [0.717, 1.165) is 40.8 Å². The van der Waals surface area contributed by atoms with E-state index in [9.17, 15) is 14.9 Å². The molecule has 0 spiro atoms. The average molecular weight is 620 g/mol. The summed E-state index contributed by atoms with van der Waals surface area (Å²) in [4.78, 5) is 31.1. The number of nitrogens with zero attached hydrogens (tertiary/aromatic N) is 3. The molecule has 1 aliphatic heterocycles. The van der Waals surface area contributed by atoms with Gasteiger partial charge in [0.25, 0.3) is 11.2 Å². The first-order valence-electron chi connectivity index (χ1n) is 14.5. The van der Waals surface area contributed by atoms with Gasteiger partial charge >= 0.3 is 0 Å². The topological polar surface area (TPSA) is 109 Å². The third kappa shape index (κ3) is 4.78. The molecule has 0 N–H and O–H groups in total. The summed E-state index contributed by atoms with van der Waals surface area (Å²) in [5, 5.41) is 11.6. The Bertz CT molecular complexity index is 2240. The van der Waals surface area contributed by atoms with Crippen LogP contribution in [-0.2, 0) is 6.42 Å². The number of nitro groups is 1. The summed E-state index contributed by atoms with van der Waals surface area (Å²) in [5.74, 6) is 2.14. The van der Waals surface area contributed by atoms with E-state index >= 15 is 0 Å². The molecule has 0 saturated heterocycles. The van der Waals surface area contributed by atoms with E-state index in [1.165, 1.54) is 23.0 Å². The highest BCUT2D eigenvalue weighted by Gasteiger charge is 2.33. The van der Waals surface area contributed by atoms with Gasteiger partial charge in [-0.3, -0.25) is 19.5 Å². The predicted molar refractivity (Wildman–Crippen MR) is 173 cm³/mol. The zero-order valence-corrected chi connectivity index (χ0v) is 25.9. The zero-order valence-electron chi connectivity index (χ0n) is 25.1. The van der Waals surface area contributed by atoms with E-state index in [4.69, 9.17) is 18.9 Å². The number of fused-ring (bicyclic) bond motifs is 3. The molecule has 0 unspecified atom stereocenters. The van der Waals surface area contributed by atoms with Crippen molar-refractivity contribution in [3.05, 3.63) is 136 Å². The lowest BCUT2D eigenvalue weighted by molar-refractivity contribution is -0.385. The molecule has 0 bridgehead atoms. The molecule has 10 heteroatoms. The fourth-order valence-electron chi connectivity index (χ4n) is 6.23. The number of rotatable bonds is 6. The van der Waals surface area contributed by atoms with Crippen molar-refractivity contribution in [1.29, 1.82) is 0 Å². The lowest BCUT2D eigenvalue weighted by Crippen LogP contribution is -2.38. The number of thiazole rings is 1. The Labute approximate surface area is 262 Å². The SMILES string of the molecule is COc1ccc([C@@H]2C3=C(N=c4s/c(=C\c5ccc(-c6cc(C)c(C)c([N+](=O)[O-])c6)o5)c(=O)n42)c2ccccc2CC3)cc1OC. The van der Waals surface area contributed by atoms with Crippen molar-refractivity contribution in [1.82, 2.24) is 4.57 Å². The van der Waals surface area contributed by atoms with Gasteiger partial charge in [-0.05, 0) is 79.3 Å². The molecule has 0 fully saturated rings. The third-order valence-corrected chi connectivity index (χ3v) is 9.60. The summed E-state index contributed by atoms with van der Waals surface area (Å²) < 4.78 is 19.5. The molecule has 0 radical (unpaired) electrons. The summed E-state index contributed by atoms with van der Waals surface area (Å²) in [6.07, 6.45) is 3.33. The second kappa shape index (κ2) is 11.0. The van der Waals surface area contributed by atoms with E-state index < -0.39 is 0 Å². The first-order valence-corrected chi connectivity index (χ1v) is 15.3. The number of aryl methyl sites for hydroxylation is 2. The van der Waals surface area contributed by atoms with Gasteiger partial charge in [0.1, 0.15) is 11.5 Å². The number of methoxy groups -OCH3 is 2. The molecule has 45 heavy (non-hydrogen) atoms. The van der Waals surface area contributed by atoms with E-state index in [0.29, 0.717) is 43.5 Å². The molecule has 226 valence electrons. The van der Waals surface area contributed by atoms with Gasteiger partial charge in [0.05, 0.1) is 35.4 Å². The number of hydrogen-bond donors (Lipinski definition) is 0. The molecule has 9 nitrogen and oxygen atoms in total. The molecular weight excluding hydrogens is 590 g/mol.